The lowest BCUT2D eigenvalue weighted by Crippen LogP contribution is -2.08. The van der Waals surface area contributed by atoms with Crippen molar-refractivity contribution in [3.05, 3.63) is 46.1 Å². The van der Waals surface area contributed by atoms with E-state index in [9.17, 15) is 4.79 Å². The van der Waals surface area contributed by atoms with Gasteiger partial charge >= 0.3 is 5.97 Å². The Hall–Kier alpha value is -1.78. The number of halogens is 2. The quantitative estimate of drug-likeness (QED) is 0.862. The van der Waals surface area contributed by atoms with E-state index >= 15 is 0 Å². The molecule has 2 aromatic rings. The molecule has 1 aromatic carbocycles. The number of rotatable bonds is 2. The highest BCUT2D eigenvalue weighted by Gasteiger charge is 2.18. The van der Waals surface area contributed by atoms with Crippen molar-refractivity contribution >= 4 is 35.0 Å². The summed E-state index contributed by atoms with van der Waals surface area (Å²) in [6.07, 6.45) is 0. The number of aromatic nitrogens is 1. The molecule has 0 atom stereocenters. The summed E-state index contributed by atoms with van der Waals surface area (Å²) in [6.45, 7) is 0. The summed E-state index contributed by atoms with van der Waals surface area (Å²) in [4.78, 5) is 15.7. The van der Waals surface area contributed by atoms with E-state index in [1.165, 1.54) is 7.11 Å². The molecule has 0 aliphatic heterocycles. The number of methoxy groups -OCH3 is 1. The Balaban J connectivity index is 2.68. The molecule has 1 heterocycles. The Morgan fingerprint density at radius 1 is 1.21 bits per heavy atom. The van der Waals surface area contributed by atoms with Gasteiger partial charge in [-0.2, -0.15) is 0 Å². The van der Waals surface area contributed by atoms with Gasteiger partial charge in [0.2, 0.25) is 0 Å². The zero-order valence-corrected chi connectivity index (χ0v) is 11.5. The molecule has 0 saturated heterocycles. The highest BCUT2D eigenvalue weighted by molar-refractivity contribution is 6.43. The summed E-state index contributed by atoms with van der Waals surface area (Å²) < 4.78 is 4.69. The molecule has 1 aromatic heterocycles. The summed E-state index contributed by atoms with van der Waals surface area (Å²) >= 11 is 12.1. The Bertz CT molecular complexity index is 645. The van der Waals surface area contributed by atoms with E-state index in [1.54, 1.807) is 30.3 Å². The van der Waals surface area contributed by atoms with E-state index in [0.29, 0.717) is 21.2 Å². The van der Waals surface area contributed by atoms with Crippen LogP contribution < -0.4 is 5.73 Å². The maximum atomic E-state index is 11.7. The number of nitrogens with zero attached hydrogens (tertiary/aromatic N) is 1. The summed E-state index contributed by atoms with van der Waals surface area (Å²) in [5.74, 6) is -0.361. The van der Waals surface area contributed by atoms with Crippen molar-refractivity contribution in [2.24, 2.45) is 0 Å². The Morgan fingerprint density at radius 2 is 1.95 bits per heavy atom. The average Bonchev–Trinajstić information content (AvgIpc) is 2.41. The molecular weight excluding hydrogens is 287 g/mol. The number of anilines is 1. The van der Waals surface area contributed by atoms with Crippen LogP contribution in [0.5, 0.6) is 0 Å². The highest BCUT2D eigenvalue weighted by atomic mass is 35.5. The van der Waals surface area contributed by atoms with Gasteiger partial charge in [0.15, 0.2) is 5.69 Å². The number of hydrogen-bond donors (Lipinski definition) is 1. The molecule has 0 aliphatic rings. The minimum Gasteiger partial charge on any atom is -0.464 e. The van der Waals surface area contributed by atoms with Gasteiger partial charge in [-0.15, -0.1) is 0 Å². The van der Waals surface area contributed by atoms with Crippen LogP contribution >= 0.6 is 23.2 Å². The second kappa shape index (κ2) is 5.47. The second-order valence-corrected chi connectivity index (χ2v) is 4.51. The zero-order chi connectivity index (χ0) is 14.0. The van der Waals surface area contributed by atoms with Crippen LogP contribution in [0.4, 0.5) is 5.82 Å². The largest absolute Gasteiger partial charge is 0.464 e. The van der Waals surface area contributed by atoms with Crippen molar-refractivity contribution in [3.8, 4) is 11.1 Å². The van der Waals surface area contributed by atoms with Gasteiger partial charge in [-0.1, -0.05) is 35.3 Å². The van der Waals surface area contributed by atoms with Gasteiger partial charge in [-0.25, -0.2) is 9.78 Å². The van der Waals surface area contributed by atoms with Gasteiger partial charge in [0.05, 0.1) is 17.2 Å². The topological polar surface area (TPSA) is 65.2 Å². The molecule has 4 nitrogen and oxygen atoms in total. The third-order valence-corrected chi connectivity index (χ3v) is 3.36. The van der Waals surface area contributed by atoms with Crippen LogP contribution in [-0.2, 0) is 4.74 Å². The molecule has 6 heteroatoms. The van der Waals surface area contributed by atoms with Crippen LogP contribution in [0.15, 0.2) is 30.3 Å². The molecule has 0 fully saturated rings. The molecule has 19 heavy (non-hydrogen) atoms. The SMILES string of the molecule is COC(=O)c1nc(N)ccc1-c1cccc(Cl)c1Cl. The van der Waals surface area contributed by atoms with Crippen LogP contribution in [0.1, 0.15) is 10.5 Å². The van der Waals surface area contributed by atoms with Gasteiger partial charge in [-0.05, 0) is 18.2 Å². The molecule has 0 aliphatic carbocycles. The maximum absolute atomic E-state index is 11.7. The van der Waals surface area contributed by atoms with Crippen molar-refractivity contribution in [2.45, 2.75) is 0 Å². The predicted molar refractivity (Wildman–Crippen MR) is 75.4 cm³/mol. The normalized spacial score (nSPS) is 10.3. The number of nitrogen functional groups attached to an aromatic ring is 1. The molecule has 0 saturated carbocycles. The third-order valence-electron chi connectivity index (χ3n) is 2.54. The summed E-state index contributed by atoms with van der Waals surface area (Å²) in [5.41, 5.74) is 6.81. The molecule has 0 spiro atoms. The molecule has 0 amide bonds. The molecule has 98 valence electrons. The molecule has 0 radical (unpaired) electrons. The Morgan fingerprint density at radius 3 is 2.63 bits per heavy atom. The first kappa shape index (κ1) is 13.6. The first-order valence-corrected chi connectivity index (χ1v) is 6.09. The Kier molecular flexibility index (Phi) is 3.93. The lowest BCUT2D eigenvalue weighted by atomic mass is 10.0. The third kappa shape index (κ3) is 2.64. The first-order valence-electron chi connectivity index (χ1n) is 5.34. The van der Waals surface area contributed by atoms with Gasteiger partial charge in [0.1, 0.15) is 5.82 Å². The van der Waals surface area contributed by atoms with Crippen molar-refractivity contribution in [3.63, 3.8) is 0 Å². The molecule has 2 rings (SSSR count). The number of carbonyl (C=O) groups is 1. The number of carbonyl (C=O) groups excluding carboxylic acids is 1. The van der Waals surface area contributed by atoms with E-state index in [1.807, 2.05) is 0 Å². The number of esters is 1. The Labute approximate surface area is 120 Å². The molecule has 0 bridgehead atoms. The maximum Gasteiger partial charge on any atom is 0.357 e. The fraction of sp³-hybridized carbons (Fsp3) is 0.0769. The molecule has 0 unspecified atom stereocenters. The van der Waals surface area contributed by atoms with Crippen LogP contribution in [-0.4, -0.2) is 18.1 Å². The van der Waals surface area contributed by atoms with Gasteiger partial charge in [0.25, 0.3) is 0 Å². The minimum atomic E-state index is -0.585. The lowest BCUT2D eigenvalue weighted by molar-refractivity contribution is 0.0595. The smallest absolute Gasteiger partial charge is 0.357 e. The van der Waals surface area contributed by atoms with E-state index in [-0.39, 0.29) is 11.5 Å². The first-order chi connectivity index (χ1) is 9.04. The van der Waals surface area contributed by atoms with Gasteiger partial charge < -0.3 is 10.5 Å². The predicted octanol–water partition coefficient (Wildman–Crippen LogP) is 3.42. The van der Waals surface area contributed by atoms with Crippen molar-refractivity contribution in [1.82, 2.24) is 4.98 Å². The van der Waals surface area contributed by atoms with Crippen LogP contribution in [0, 0.1) is 0 Å². The van der Waals surface area contributed by atoms with E-state index < -0.39 is 5.97 Å². The molecular formula is C13H10Cl2N2O2. The number of ether oxygens (including phenoxy) is 1. The average molecular weight is 297 g/mol. The fourth-order valence-corrected chi connectivity index (χ4v) is 2.06. The minimum absolute atomic E-state index is 0.103. The van der Waals surface area contributed by atoms with Gasteiger partial charge in [0, 0.05) is 11.1 Å². The van der Waals surface area contributed by atoms with Crippen LogP contribution in [0.3, 0.4) is 0 Å². The van der Waals surface area contributed by atoms with E-state index in [4.69, 9.17) is 33.7 Å². The van der Waals surface area contributed by atoms with Crippen LogP contribution in [0.2, 0.25) is 10.0 Å². The van der Waals surface area contributed by atoms with Crippen molar-refractivity contribution in [2.75, 3.05) is 12.8 Å². The summed E-state index contributed by atoms with van der Waals surface area (Å²) in [6, 6.07) is 8.38. The second-order valence-electron chi connectivity index (χ2n) is 3.73. The van der Waals surface area contributed by atoms with E-state index in [2.05, 4.69) is 4.98 Å². The highest BCUT2D eigenvalue weighted by Crippen LogP contribution is 2.35. The van der Waals surface area contributed by atoms with Gasteiger partial charge in [-0.3, -0.25) is 0 Å². The van der Waals surface area contributed by atoms with E-state index in [0.717, 1.165) is 0 Å². The number of hydrogen-bond acceptors (Lipinski definition) is 4. The van der Waals surface area contributed by atoms with Crippen molar-refractivity contribution in [1.29, 1.82) is 0 Å². The number of pyridine rings is 1. The van der Waals surface area contributed by atoms with Crippen LogP contribution in [0.25, 0.3) is 11.1 Å². The standard InChI is InChI=1S/C13H10Cl2N2O2/c1-19-13(18)12-8(5-6-10(16)17-12)7-3-2-4-9(14)11(7)15/h2-6H,1H3,(H2,16,17). The molecule has 2 N–H and O–H groups in total. The lowest BCUT2D eigenvalue weighted by Gasteiger charge is -2.10. The summed E-state index contributed by atoms with van der Waals surface area (Å²) in [5, 5.41) is 0.743. The monoisotopic (exact) mass is 296 g/mol. The number of benzene rings is 1. The zero-order valence-electron chi connectivity index (χ0n) is 9.98. The van der Waals surface area contributed by atoms with Crippen molar-refractivity contribution < 1.29 is 9.53 Å². The summed E-state index contributed by atoms with van der Waals surface area (Å²) in [7, 11) is 1.27. The number of nitrogens with two attached hydrogens (primary N) is 1. The fourth-order valence-electron chi connectivity index (χ4n) is 1.66.